The third kappa shape index (κ3) is 3.88. The van der Waals surface area contributed by atoms with Crippen LogP contribution in [0.2, 0.25) is 0 Å². The minimum Gasteiger partial charge on any atom is -0.460 e. The van der Waals surface area contributed by atoms with E-state index in [1.165, 1.54) is 5.56 Å². The summed E-state index contributed by atoms with van der Waals surface area (Å²) in [5, 5.41) is 3.39. The number of rotatable bonds is 5. The molecule has 0 bridgehead atoms. The predicted octanol–water partition coefficient (Wildman–Crippen LogP) is 5.76. The van der Waals surface area contributed by atoms with Crippen LogP contribution in [0.25, 0.3) is 11.3 Å². The van der Waals surface area contributed by atoms with Gasteiger partial charge < -0.3 is 9.73 Å². The number of hydrogen-bond donors (Lipinski definition) is 1. The second-order valence-electron chi connectivity index (χ2n) is 4.98. The maximum atomic E-state index is 5.92. The summed E-state index contributed by atoms with van der Waals surface area (Å²) in [6, 6.07) is 20.4. The van der Waals surface area contributed by atoms with Crippen LogP contribution in [0.5, 0.6) is 0 Å². The first kappa shape index (κ1) is 15.5. The Kier molecular flexibility index (Phi) is 5.13. The summed E-state index contributed by atoms with van der Waals surface area (Å²) in [6.45, 7) is 1.54. The first-order valence-electron chi connectivity index (χ1n) is 7.01. The lowest BCUT2D eigenvalue weighted by atomic mass is 10.2. The molecule has 1 aromatic heterocycles. The Labute approximate surface area is 146 Å². The largest absolute Gasteiger partial charge is 0.460 e. The highest BCUT2D eigenvalue weighted by atomic mass is 79.9. The second kappa shape index (κ2) is 7.27. The molecule has 0 spiro atoms. The lowest BCUT2D eigenvalue weighted by molar-refractivity contribution is 0.493. The van der Waals surface area contributed by atoms with Crippen molar-refractivity contribution in [3.05, 3.63) is 80.9 Å². The zero-order valence-electron chi connectivity index (χ0n) is 11.9. The van der Waals surface area contributed by atoms with Crippen molar-refractivity contribution < 1.29 is 4.42 Å². The minimum absolute atomic E-state index is 0.711. The molecular formula is C18H15Br2NO. The van der Waals surface area contributed by atoms with E-state index in [0.29, 0.717) is 6.54 Å². The summed E-state index contributed by atoms with van der Waals surface area (Å²) in [5.41, 5.74) is 2.32. The van der Waals surface area contributed by atoms with Gasteiger partial charge in [0.25, 0.3) is 0 Å². The number of furan rings is 1. The van der Waals surface area contributed by atoms with Gasteiger partial charge in [0.05, 0.1) is 6.54 Å². The molecule has 2 aromatic carbocycles. The molecule has 0 aliphatic heterocycles. The average Bonchev–Trinajstić information content (AvgIpc) is 2.97. The molecule has 0 saturated carbocycles. The Hall–Kier alpha value is -1.36. The van der Waals surface area contributed by atoms with Gasteiger partial charge in [0.1, 0.15) is 11.5 Å². The monoisotopic (exact) mass is 419 g/mol. The number of nitrogens with one attached hydrogen (secondary N) is 1. The summed E-state index contributed by atoms with van der Waals surface area (Å²) in [7, 11) is 0. The van der Waals surface area contributed by atoms with Crippen LogP contribution >= 0.6 is 31.9 Å². The Morgan fingerprint density at radius 1 is 0.864 bits per heavy atom. The topological polar surface area (TPSA) is 25.2 Å². The van der Waals surface area contributed by atoms with E-state index >= 15 is 0 Å². The molecule has 0 aliphatic carbocycles. The van der Waals surface area contributed by atoms with Gasteiger partial charge in [0, 0.05) is 21.1 Å². The standard InChI is InChI=1S/C18H15Br2NO/c19-14-6-8-16(17(20)10-14)18-9-7-15(22-18)12-21-11-13-4-2-1-3-5-13/h1-10,21H,11-12H2. The fraction of sp³-hybridized carbons (Fsp3) is 0.111. The normalized spacial score (nSPS) is 10.8. The smallest absolute Gasteiger partial charge is 0.135 e. The first-order chi connectivity index (χ1) is 10.7. The van der Waals surface area contributed by atoms with Gasteiger partial charge in [-0.05, 0) is 51.8 Å². The van der Waals surface area contributed by atoms with Crippen LogP contribution in [0.3, 0.4) is 0 Å². The molecular weight excluding hydrogens is 406 g/mol. The van der Waals surface area contributed by atoms with Gasteiger partial charge in [-0.2, -0.15) is 0 Å². The van der Waals surface area contributed by atoms with Crippen LogP contribution in [0.4, 0.5) is 0 Å². The van der Waals surface area contributed by atoms with E-state index in [0.717, 1.165) is 32.6 Å². The molecule has 3 aromatic rings. The Morgan fingerprint density at radius 3 is 2.45 bits per heavy atom. The van der Waals surface area contributed by atoms with Crippen LogP contribution in [-0.4, -0.2) is 0 Å². The molecule has 0 saturated heterocycles. The van der Waals surface area contributed by atoms with Crippen LogP contribution in [0, 0.1) is 0 Å². The zero-order chi connectivity index (χ0) is 15.4. The van der Waals surface area contributed by atoms with Gasteiger partial charge in [-0.1, -0.05) is 46.3 Å². The fourth-order valence-corrected chi connectivity index (χ4v) is 3.48. The molecule has 0 fully saturated rings. The van der Waals surface area contributed by atoms with Crippen molar-refractivity contribution in [2.24, 2.45) is 0 Å². The van der Waals surface area contributed by atoms with Crippen LogP contribution in [0.15, 0.2) is 74.0 Å². The lowest BCUT2D eigenvalue weighted by Gasteiger charge is -2.04. The molecule has 0 aliphatic rings. The van der Waals surface area contributed by atoms with Crippen LogP contribution < -0.4 is 5.32 Å². The summed E-state index contributed by atoms with van der Waals surface area (Å²) in [5.74, 6) is 1.80. The maximum Gasteiger partial charge on any atom is 0.135 e. The lowest BCUT2D eigenvalue weighted by Crippen LogP contribution is -2.11. The van der Waals surface area contributed by atoms with E-state index in [1.807, 2.05) is 48.5 Å². The quantitative estimate of drug-likeness (QED) is 0.567. The Bertz CT molecular complexity index is 753. The molecule has 0 unspecified atom stereocenters. The molecule has 112 valence electrons. The highest BCUT2D eigenvalue weighted by Gasteiger charge is 2.08. The second-order valence-corrected chi connectivity index (χ2v) is 6.75. The van der Waals surface area contributed by atoms with Gasteiger partial charge in [-0.3, -0.25) is 0 Å². The zero-order valence-corrected chi connectivity index (χ0v) is 15.0. The summed E-state index contributed by atoms with van der Waals surface area (Å²) >= 11 is 7.03. The Morgan fingerprint density at radius 2 is 1.68 bits per heavy atom. The van der Waals surface area contributed by atoms with E-state index in [9.17, 15) is 0 Å². The summed E-state index contributed by atoms with van der Waals surface area (Å²) in [4.78, 5) is 0. The highest BCUT2D eigenvalue weighted by Crippen LogP contribution is 2.31. The van der Waals surface area contributed by atoms with Crippen molar-refractivity contribution in [1.29, 1.82) is 0 Å². The third-order valence-electron chi connectivity index (χ3n) is 3.33. The molecule has 0 amide bonds. The number of benzene rings is 2. The molecule has 1 heterocycles. The van der Waals surface area contributed by atoms with Crippen molar-refractivity contribution in [3.63, 3.8) is 0 Å². The van der Waals surface area contributed by atoms with Crippen molar-refractivity contribution >= 4 is 31.9 Å². The van der Waals surface area contributed by atoms with E-state index < -0.39 is 0 Å². The minimum atomic E-state index is 0.711. The van der Waals surface area contributed by atoms with Gasteiger partial charge >= 0.3 is 0 Å². The van der Waals surface area contributed by atoms with E-state index in [-0.39, 0.29) is 0 Å². The number of halogens is 2. The highest BCUT2D eigenvalue weighted by molar-refractivity contribution is 9.11. The number of hydrogen-bond acceptors (Lipinski definition) is 2. The first-order valence-corrected chi connectivity index (χ1v) is 8.60. The Balaban J connectivity index is 1.64. The molecule has 4 heteroatoms. The average molecular weight is 421 g/mol. The van der Waals surface area contributed by atoms with E-state index in [2.05, 4.69) is 49.3 Å². The summed E-state index contributed by atoms with van der Waals surface area (Å²) in [6.07, 6.45) is 0. The molecule has 22 heavy (non-hydrogen) atoms. The van der Waals surface area contributed by atoms with Gasteiger partial charge in [0.15, 0.2) is 0 Å². The van der Waals surface area contributed by atoms with Crippen LogP contribution in [-0.2, 0) is 13.1 Å². The predicted molar refractivity (Wildman–Crippen MR) is 96.5 cm³/mol. The maximum absolute atomic E-state index is 5.92. The third-order valence-corrected chi connectivity index (χ3v) is 4.48. The van der Waals surface area contributed by atoms with Gasteiger partial charge in [0.2, 0.25) is 0 Å². The van der Waals surface area contributed by atoms with Crippen molar-refractivity contribution in [3.8, 4) is 11.3 Å². The summed E-state index contributed by atoms with van der Waals surface area (Å²) < 4.78 is 7.98. The fourth-order valence-electron chi connectivity index (χ4n) is 2.23. The van der Waals surface area contributed by atoms with Crippen LogP contribution in [0.1, 0.15) is 11.3 Å². The van der Waals surface area contributed by atoms with E-state index in [4.69, 9.17) is 4.42 Å². The molecule has 2 nitrogen and oxygen atoms in total. The van der Waals surface area contributed by atoms with Gasteiger partial charge in [-0.15, -0.1) is 0 Å². The molecule has 3 rings (SSSR count). The van der Waals surface area contributed by atoms with Crippen molar-refractivity contribution in [1.82, 2.24) is 5.32 Å². The van der Waals surface area contributed by atoms with Crippen molar-refractivity contribution in [2.75, 3.05) is 0 Å². The van der Waals surface area contributed by atoms with Crippen molar-refractivity contribution in [2.45, 2.75) is 13.1 Å². The molecule has 1 N–H and O–H groups in total. The molecule has 0 atom stereocenters. The molecule has 0 radical (unpaired) electrons. The SMILES string of the molecule is Brc1ccc(-c2ccc(CNCc3ccccc3)o2)c(Br)c1. The van der Waals surface area contributed by atoms with E-state index in [1.54, 1.807) is 0 Å². The van der Waals surface area contributed by atoms with Gasteiger partial charge in [-0.25, -0.2) is 0 Å².